The first-order chi connectivity index (χ1) is 9.25. The summed E-state index contributed by atoms with van der Waals surface area (Å²) < 4.78 is 1.40. The van der Waals surface area contributed by atoms with E-state index in [1.54, 1.807) is 0 Å². The van der Waals surface area contributed by atoms with Crippen LogP contribution in [-0.4, -0.2) is 23.5 Å². The molecule has 0 radical (unpaired) electrons. The van der Waals surface area contributed by atoms with Crippen LogP contribution in [0.5, 0.6) is 0 Å². The van der Waals surface area contributed by atoms with Crippen LogP contribution in [0.4, 0.5) is 0 Å². The molecule has 102 valence electrons. The Kier molecular flexibility index (Phi) is 3.87. The standard InChI is InChI=1S/C16H22N2S/c1-12(17)15-7-4-5-9-18(15)10-13-11-19-16-8-3-2-6-14(13)16/h2-3,6,8,11-12,15H,4-5,7,9-10,17H2,1H3. The zero-order valence-corrected chi connectivity index (χ0v) is 12.3. The number of nitrogens with two attached hydrogens (primary N) is 1. The predicted octanol–water partition coefficient (Wildman–Crippen LogP) is 3.60. The molecule has 0 spiro atoms. The van der Waals surface area contributed by atoms with Gasteiger partial charge in [0.25, 0.3) is 0 Å². The zero-order chi connectivity index (χ0) is 13.2. The third kappa shape index (κ3) is 2.69. The molecule has 1 aromatic carbocycles. The Hall–Kier alpha value is -0.900. The maximum Gasteiger partial charge on any atom is 0.0346 e. The van der Waals surface area contributed by atoms with E-state index in [1.165, 1.54) is 41.5 Å². The van der Waals surface area contributed by atoms with Gasteiger partial charge in [0.05, 0.1) is 0 Å². The van der Waals surface area contributed by atoms with E-state index < -0.39 is 0 Å². The molecule has 2 unspecified atom stereocenters. The first-order valence-electron chi connectivity index (χ1n) is 7.20. The van der Waals surface area contributed by atoms with E-state index in [0.29, 0.717) is 6.04 Å². The number of nitrogens with zero attached hydrogens (tertiary/aromatic N) is 1. The molecule has 0 aliphatic carbocycles. The lowest BCUT2D eigenvalue weighted by atomic mass is 9.96. The van der Waals surface area contributed by atoms with Gasteiger partial charge < -0.3 is 5.73 Å². The fourth-order valence-corrected chi connectivity index (χ4v) is 4.14. The summed E-state index contributed by atoms with van der Waals surface area (Å²) in [5.74, 6) is 0. The highest BCUT2D eigenvalue weighted by atomic mass is 32.1. The molecular formula is C16H22N2S. The molecule has 3 rings (SSSR count). The van der Waals surface area contributed by atoms with Gasteiger partial charge in [0, 0.05) is 23.3 Å². The van der Waals surface area contributed by atoms with Crippen LogP contribution in [0.1, 0.15) is 31.7 Å². The molecule has 0 saturated carbocycles. The van der Waals surface area contributed by atoms with Gasteiger partial charge in [0.1, 0.15) is 0 Å². The van der Waals surface area contributed by atoms with E-state index in [9.17, 15) is 0 Å². The van der Waals surface area contributed by atoms with Crippen molar-refractivity contribution in [3.05, 3.63) is 35.2 Å². The van der Waals surface area contributed by atoms with Crippen molar-refractivity contribution in [2.75, 3.05) is 6.54 Å². The molecule has 2 aromatic rings. The Balaban J connectivity index is 1.83. The summed E-state index contributed by atoms with van der Waals surface area (Å²) in [5.41, 5.74) is 7.63. The molecule has 3 heteroatoms. The average Bonchev–Trinajstić information content (AvgIpc) is 2.83. The van der Waals surface area contributed by atoms with Gasteiger partial charge in [0.15, 0.2) is 0 Å². The van der Waals surface area contributed by atoms with Gasteiger partial charge >= 0.3 is 0 Å². The molecule has 2 N–H and O–H groups in total. The van der Waals surface area contributed by atoms with E-state index in [1.807, 2.05) is 11.3 Å². The SMILES string of the molecule is CC(N)C1CCCCN1Cc1csc2ccccc12. The number of fused-ring (bicyclic) bond motifs is 1. The molecule has 0 bridgehead atoms. The number of thiophene rings is 1. The Labute approximate surface area is 119 Å². The number of rotatable bonds is 3. The van der Waals surface area contributed by atoms with Gasteiger partial charge in [-0.05, 0) is 48.7 Å². The molecule has 2 heterocycles. The van der Waals surface area contributed by atoms with Gasteiger partial charge in [0.2, 0.25) is 0 Å². The lowest BCUT2D eigenvalue weighted by molar-refractivity contribution is 0.123. The van der Waals surface area contributed by atoms with E-state index in [2.05, 4.69) is 41.5 Å². The summed E-state index contributed by atoms with van der Waals surface area (Å²) >= 11 is 1.85. The van der Waals surface area contributed by atoms with Crippen LogP contribution < -0.4 is 5.73 Å². The maximum atomic E-state index is 6.16. The Morgan fingerprint density at radius 1 is 1.37 bits per heavy atom. The number of hydrogen-bond acceptors (Lipinski definition) is 3. The number of piperidine rings is 1. The lowest BCUT2D eigenvalue weighted by Gasteiger charge is -2.38. The van der Waals surface area contributed by atoms with Crippen molar-refractivity contribution in [3.8, 4) is 0 Å². The minimum absolute atomic E-state index is 0.269. The molecule has 1 fully saturated rings. The van der Waals surface area contributed by atoms with Crippen molar-refractivity contribution in [3.63, 3.8) is 0 Å². The van der Waals surface area contributed by atoms with Crippen molar-refractivity contribution in [1.29, 1.82) is 0 Å². The summed E-state index contributed by atoms with van der Waals surface area (Å²) in [5, 5.41) is 3.74. The molecule has 1 aliphatic heterocycles. The van der Waals surface area contributed by atoms with Crippen molar-refractivity contribution in [1.82, 2.24) is 4.90 Å². The van der Waals surface area contributed by atoms with E-state index >= 15 is 0 Å². The number of hydrogen-bond donors (Lipinski definition) is 1. The van der Waals surface area contributed by atoms with Crippen molar-refractivity contribution >= 4 is 21.4 Å². The van der Waals surface area contributed by atoms with Crippen LogP contribution in [0.2, 0.25) is 0 Å². The summed E-state index contributed by atoms with van der Waals surface area (Å²) in [4.78, 5) is 2.59. The van der Waals surface area contributed by atoms with Crippen LogP contribution in [0.3, 0.4) is 0 Å². The largest absolute Gasteiger partial charge is 0.327 e. The fourth-order valence-electron chi connectivity index (χ4n) is 3.18. The predicted molar refractivity (Wildman–Crippen MR) is 83.5 cm³/mol. The molecule has 1 aromatic heterocycles. The second-order valence-corrected chi connectivity index (χ2v) is 6.56. The second-order valence-electron chi connectivity index (χ2n) is 5.65. The van der Waals surface area contributed by atoms with Crippen LogP contribution in [-0.2, 0) is 6.54 Å². The molecular weight excluding hydrogens is 252 g/mol. The van der Waals surface area contributed by atoms with Crippen LogP contribution >= 0.6 is 11.3 Å². The second kappa shape index (κ2) is 5.61. The van der Waals surface area contributed by atoms with E-state index in [-0.39, 0.29) is 6.04 Å². The smallest absolute Gasteiger partial charge is 0.0346 e. The Morgan fingerprint density at radius 3 is 3.05 bits per heavy atom. The van der Waals surface area contributed by atoms with Gasteiger partial charge in [-0.2, -0.15) is 0 Å². The highest BCUT2D eigenvalue weighted by Crippen LogP contribution is 2.29. The van der Waals surface area contributed by atoms with E-state index in [0.717, 1.165) is 6.54 Å². The third-order valence-electron chi connectivity index (χ3n) is 4.21. The van der Waals surface area contributed by atoms with Gasteiger partial charge in [-0.15, -0.1) is 11.3 Å². The maximum absolute atomic E-state index is 6.16. The highest BCUT2D eigenvalue weighted by molar-refractivity contribution is 7.17. The molecule has 2 atom stereocenters. The molecule has 1 saturated heterocycles. The fraction of sp³-hybridized carbons (Fsp3) is 0.500. The minimum atomic E-state index is 0.269. The minimum Gasteiger partial charge on any atom is -0.327 e. The quantitative estimate of drug-likeness (QED) is 0.926. The first-order valence-corrected chi connectivity index (χ1v) is 8.08. The van der Waals surface area contributed by atoms with Crippen molar-refractivity contribution < 1.29 is 0 Å². The molecule has 0 amide bonds. The third-order valence-corrected chi connectivity index (χ3v) is 5.22. The van der Waals surface area contributed by atoms with Crippen molar-refractivity contribution in [2.24, 2.45) is 5.73 Å². The van der Waals surface area contributed by atoms with Gasteiger partial charge in [-0.25, -0.2) is 0 Å². The molecule has 2 nitrogen and oxygen atoms in total. The average molecular weight is 274 g/mol. The summed E-state index contributed by atoms with van der Waals surface area (Å²) in [6.45, 7) is 4.39. The van der Waals surface area contributed by atoms with Gasteiger partial charge in [-0.3, -0.25) is 4.90 Å². The van der Waals surface area contributed by atoms with Crippen LogP contribution in [0.15, 0.2) is 29.6 Å². The highest BCUT2D eigenvalue weighted by Gasteiger charge is 2.25. The van der Waals surface area contributed by atoms with Gasteiger partial charge in [-0.1, -0.05) is 24.6 Å². The van der Waals surface area contributed by atoms with Crippen LogP contribution in [0.25, 0.3) is 10.1 Å². The lowest BCUT2D eigenvalue weighted by Crippen LogP contribution is -2.48. The zero-order valence-electron chi connectivity index (χ0n) is 11.5. The monoisotopic (exact) mass is 274 g/mol. The Morgan fingerprint density at radius 2 is 2.21 bits per heavy atom. The van der Waals surface area contributed by atoms with E-state index in [4.69, 9.17) is 5.73 Å². The summed E-state index contributed by atoms with van der Waals surface area (Å²) in [6.07, 6.45) is 3.89. The first kappa shape index (κ1) is 13.1. The Bertz CT molecular complexity index is 546. The van der Waals surface area contributed by atoms with Crippen LogP contribution in [0, 0.1) is 0 Å². The molecule has 19 heavy (non-hydrogen) atoms. The topological polar surface area (TPSA) is 29.3 Å². The normalized spacial score (nSPS) is 22.7. The number of benzene rings is 1. The number of likely N-dealkylation sites (tertiary alicyclic amines) is 1. The molecule has 1 aliphatic rings. The van der Waals surface area contributed by atoms with Crippen molar-refractivity contribution in [2.45, 2.75) is 44.8 Å². The summed E-state index contributed by atoms with van der Waals surface area (Å²) in [6, 6.07) is 9.53. The summed E-state index contributed by atoms with van der Waals surface area (Å²) in [7, 11) is 0.